The third-order valence-electron chi connectivity index (χ3n) is 2.88. The number of benzene rings is 1. The van der Waals surface area contributed by atoms with Crippen LogP contribution in [0.5, 0.6) is 5.75 Å². The largest absolute Gasteiger partial charge is 0.491 e. The van der Waals surface area contributed by atoms with E-state index in [4.69, 9.17) is 9.49 Å². The Morgan fingerprint density at radius 3 is 3.00 bits per heavy atom. The normalized spacial score (nSPS) is 13.8. The second-order valence-corrected chi connectivity index (χ2v) is 4.17. The molecule has 1 aromatic carbocycles. The van der Waals surface area contributed by atoms with Gasteiger partial charge in [-0.05, 0) is 29.6 Å². The Bertz CT molecular complexity index is 567. The molecule has 1 aliphatic rings. The predicted molar refractivity (Wildman–Crippen MR) is 70.0 cm³/mol. The molecule has 96 valence electrons. The first kappa shape index (κ1) is 11.9. The van der Waals surface area contributed by atoms with Crippen LogP contribution in [0.2, 0.25) is 0 Å². The standard InChI is InChI=1S/C12H12BN3O3/c17-13-12-5-10(2-1-9(12)3-4-18-13)16-19-11-6-14-8-15-7-11/h1-2,5-8,16-17H,3-4H2. The van der Waals surface area contributed by atoms with Crippen molar-refractivity contribution in [1.29, 1.82) is 0 Å². The van der Waals surface area contributed by atoms with Crippen LogP contribution in [0.15, 0.2) is 36.9 Å². The van der Waals surface area contributed by atoms with Crippen LogP contribution in [-0.4, -0.2) is 28.7 Å². The van der Waals surface area contributed by atoms with E-state index in [0.29, 0.717) is 12.4 Å². The van der Waals surface area contributed by atoms with Crippen LogP contribution in [0.25, 0.3) is 0 Å². The average Bonchev–Trinajstić information content (AvgIpc) is 2.47. The van der Waals surface area contributed by atoms with Crippen LogP contribution < -0.4 is 15.8 Å². The minimum absolute atomic E-state index is 0.511. The lowest BCUT2D eigenvalue weighted by atomic mass is 9.73. The highest BCUT2D eigenvalue weighted by atomic mass is 16.6. The maximum Gasteiger partial charge on any atom is 0.491 e. The molecule has 19 heavy (non-hydrogen) atoms. The van der Waals surface area contributed by atoms with Gasteiger partial charge in [0.1, 0.15) is 6.33 Å². The van der Waals surface area contributed by atoms with Crippen LogP contribution in [0, 0.1) is 0 Å². The number of nitrogens with one attached hydrogen (secondary N) is 1. The first-order valence-corrected chi connectivity index (χ1v) is 5.93. The fourth-order valence-electron chi connectivity index (χ4n) is 1.94. The maximum absolute atomic E-state index is 9.76. The van der Waals surface area contributed by atoms with Crippen molar-refractivity contribution in [3.63, 3.8) is 0 Å². The summed E-state index contributed by atoms with van der Waals surface area (Å²) >= 11 is 0. The molecule has 0 saturated heterocycles. The van der Waals surface area contributed by atoms with Crippen LogP contribution >= 0.6 is 0 Å². The van der Waals surface area contributed by atoms with Gasteiger partial charge in [-0.3, -0.25) is 0 Å². The zero-order chi connectivity index (χ0) is 13.1. The highest BCUT2D eigenvalue weighted by Gasteiger charge is 2.24. The molecule has 2 heterocycles. The number of hydrogen-bond donors (Lipinski definition) is 2. The predicted octanol–water partition coefficient (Wildman–Crippen LogP) is 0.143. The van der Waals surface area contributed by atoms with Crippen molar-refractivity contribution >= 4 is 18.3 Å². The molecular formula is C12H12BN3O3. The van der Waals surface area contributed by atoms with Crippen LogP contribution in [0.4, 0.5) is 5.69 Å². The third kappa shape index (κ3) is 2.67. The summed E-state index contributed by atoms with van der Waals surface area (Å²) in [5.41, 5.74) is 5.37. The van der Waals surface area contributed by atoms with Crippen LogP contribution in [0.1, 0.15) is 5.56 Å². The van der Waals surface area contributed by atoms with E-state index in [0.717, 1.165) is 23.1 Å². The Kier molecular flexibility index (Phi) is 3.30. The van der Waals surface area contributed by atoms with E-state index in [-0.39, 0.29) is 0 Å². The van der Waals surface area contributed by atoms with Gasteiger partial charge in [0, 0.05) is 6.61 Å². The molecule has 0 spiro atoms. The summed E-state index contributed by atoms with van der Waals surface area (Å²) in [5, 5.41) is 9.76. The van der Waals surface area contributed by atoms with Gasteiger partial charge in [-0.25, -0.2) is 15.4 Å². The smallest absolute Gasteiger partial charge is 0.423 e. The molecule has 2 N–H and O–H groups in total. The molecular weight excluding hydrogens is 245 g/mol. The number of fused-ring (bicyclic) bond motifs is 1. The number of nitrogens with zero attached hydrogens (tertiary/aromatic N) is 2. The molecule has 0 fully saturated rings. The molecule has 0 bridgehead atoms. The van der Waals surface area contributed by atoms with E-state index in [1.807, 2.05) is 18.2 Å². The molecule has 1 aromatic heterocycles. The van der Waals surface area contributed by atoms with E-state index in [9.17, 15) is 5.02 Å². The van der Waals surface area contributed by atoms with Gasteiger partial charge in [0.2, 0.25) is 0 Å². The number of anilines is 1. The van der Waals surface area contributed by atoms with Crippen molar-refractivity contribution in [3.05, 3.63) is 42.5 Å². The molecule has 0 saturated carbocycles. The minimum atomic E-state index is -0.870. The van der Waals surface area contributed by atoms with Gasteiger partial charge in [0.15, 0.2) is 5.75 Å². The van der Waals surface area contributed by atoms with Gasteiger partial charge in [0.25, 0.3) is 0 Å². The SMILES string of the molecule is OB1OCCc2ccc(NOc3cncnc3)cc21. The summed E-state index contributed by atoms with van der Waals surface area (Å²) in [7, 11) is -0.870. The monoisotopic (exact) mass is 257 g/mol. The average molecular weight is 257 g/mol. The lowest BCUT2D eigenvalue weighted by molar-refractivity contribution is 0.266. The Labute approximate surface area is 110 Å². The lowest BCUT2D eigenvalue weighted by Gasteiger charge is -2.19. The summed E-state index contributed by atoms with van der Waals surface area (Å²) in [6.45, 7) is 0.540. The van der Waals surface area contributed by atoms with Crippen molar-refractivity contribution in [1.82, 2.24) is 9.97 Å². The van der Waals surface area contributed by atoms with Gasteiger partial charge < -0.3 is 14.5 Å². The maximum atomic E-state index is 9.76. The number of aromatic nitrogens is 2. The molecule has 1 aliphatic heterocycles. The first-order valence-electron chi connectivity index (χ1n) is 5.93. The summed E-state index contributed by atoms with van der Waals surface area (Å²) in [6, 6.07) is 5.65. The molecule has 2 aromatic rings. The summed E-state index contributed by atoms with van der Waals surface area (Å²) in [6.07, 6.45) is 5.34. The van der Waals surface area contributed by atoms with Crippen LogP contribution in [0.3, 0.4) is 0 Å². The fourth-order valence-corrected chi connectivity index (χ4v) is 1.94. The third-order valence-corrected chi connectivity index (χ3v) is 2.88. The zero-order valence-electron chi connectivity index (χ0n) is 10.1. The van der Waals surface area contributed by atoms with E-state index in [1.165, 1.54) is 6.33 Å². The van der Waals surface area contributed by atoms with Crippen LogP contribution in [-0.2, 0) is 11.1 Å². The Hall–Kier alpha value is -2.12. The molecule has 0 aliphatic carbocycles. The Morgan fingerprint density at radius 2 is 2.16 bits per heavy atom. The molecule has 0 radical (unpaired) electrons. The fraction of sp³-hybridized carbons (Fsp3) is 0.167. The van der Waals surface area contributed by atoms with Gasteiger partial charge in [-0.2, -0.15) is 0 Å². The topological polar surface area (TPSA) is 76.5 Å². The Balaban J connectivity index is 1.74. The molecule has 0 amide bonds. The summed E-state index contributed by atoms with van der Waals surface area (Å²) in [4.78, 5) is 13.0. The molecule has 0 atom stereocenters. The highest BCUT2D eigenvalue weighted by molar-refractivity contribution is 6.61. The summed E-state index contributed by atoms with van der Waals surface area (Å²) in [5.74, 6) is 0.511. The van der Waals surface area contributed by atoms with Crippen molar-refractivity contribution < 1.29 is 14.5 Å². The number of hydrogen-bond acceptors (Lipinski definition) is 6. The molecule has 0 unspecified atom stereocenters. The van der Waals surface area contributed by atoms with Gasteiger partial charge >= 0.3 is 7.12 Å². The Morgan fingerprint density at radius 1 is 1.32 bits per heavy atom. The van der Waals surface area contributed by atoms with E-state index < -0.39 is 7.12 Å². The quantitative estimate of drug-likeness (QED) is 0.601. The lowest BCUT2D eigenvalue weighted by Crippen LogP contribution is -2.41. The number of rotatable bonds is 3. The summed E-state index contributed by atoms with van der Waals surface area (Å²) < 4.78 is 5.19. The second-order valence-electron chi connectivity index (χ2n) is 4.17. The molecule has 3 rings (SSSR count). The van der Waals surface area contributed by atoms with Crippen molar-refractivity contribution in [2.24, 2.45) is 0 Å². The van der Waals surface area contributed by atoms with Gasteiger partial charge in [0.05, 0.1) is 18.1 Å². The van der Waals surface area contributed by atoms with Gasteiger partial charge in [-0.15, -0.1) is 0 Å². The van der Waals surface area contributed by atoms with Crippen molar-refractivity contribution in [3.8, 4) is 5.75 Å². The highest BCUT2D eigenvalue weighted by Crippen LogP contribution is 2.14. The van der Waals surface area contributed by atoms with E-state index >= 15 is 0 Å². The molecule has 6 nitrogen and oxygen atoms in total. The van der Waals surface area contributed by atoms with E-state index in [1.54, 1.807) is 12.4 Å². The van der Waals surface area contributed by atoms with Crippen molar-refractivity contribution in [2.45, 2.75) is 6.42 Å². The molecule has 7 heteroatoms. The first-order chi connectivity index (χ1) is 9.33. The second kappa shape index (κ2) is 5.25. The minimum Gasteiger partial charge on any atom is -0.423 e. The van der Waals surface area contributed by atoms with Gasteiger partial charge in [-0.1, -0.05) is 6.07 Å². The van der Waals surface area contributed by atoms with E-state index in [2.05, 4.69) is 15.4 Å². The zero-order valence-corrected chi connectivity index (χ0v) is 10.1. The van der Waals surface area contributed by atoms with Crippen molar-refractivity contribution in [2.75, 3.05) is 12.1 Å².